The molecule has 1 aromatic rings. The Labute approximate surface area is 151 Å². The van der Waals surface area contributed by atoms with Crippen LogP contribution >= 0.6 is 0 Å². The molecule has 0 radical (unpaired) electrons. The maximum atomic E-state index is 12.1. The van der Waals surface area contributed by atoms with E-state index in [0.717, 1.165) is 63.2 Å². The van der Waals surface area contributed by atoms with Gasteiger partial charge in [-0.1, -0.05) is 26.7 Å². The zero-order valence-corrected chi connectivity index (χ0v) is 15.6. The van der Waals surface area contributed by atoms with Gasteiger partial charge in [0.2, 0.25) is 11.8 Å². The zero-order chi connectivity index (χ0) is 18.1. The molecule has 0 aliphatic carbocycles. The molecule has 0 saturated carbocycles. The summed E-state index contributed by atoms with van der Waals surface area (Å²) in [6, 6.07) is 8.00. The Bertz CT molecular complexity index is 549. The molecular formula is C20H31N3O2. The molecule has 1 N–H and O–H groups in total. The molecule has 1 aliphatic rings. The average molecular weight is 345 g/mol. The highest BCUT2D eigenvalue weighted by atomic mass is 16.2. The van der Waals surface area contributed by atoms with Crippen LogP contribution in [0.2, 0.25) is 0 Å². The van der Waals surface area contributed by atoms with E-state index in [0.29, 0.717) is 12.8 Å². The Morgan fingerprint density at radius 2 is 1.52 bits per heavy atom. The van der Waals surface area contributed by atoms with Gasteiger partial charge in [-0.3, -0.25) is 9.59 Å². The van der Waals surface area contributed by atoms with Crippen molar-refractivity contribution in [2.75, 3.05) is 36.4 Å². The first kappa shape index (κ1) is 19.3. The number of anilines is 2. The molecule has 1 aromatic carbocycles. The largest absolute Gasteiger partial charge is 0.368 e. The van der Waals surface area contributed by atoms with Crippen molar-refractivity contribution >= 4 is 23.2 Å². The van der Waals surface area contributed by atoms with Crippen LogP contribution in [0.4, 0.5) is 11.4 Å². The Balaban J connectivity index is 1.81. The van der Waals surface area contributed by atoms with Gasteiger partial charge in [0.25, 0.3) is 0 Å². The van der Waals surface area contributed by atoms with E-state index < -0.39 is 0 Å². The van der Waals surface area contributed by atoms with E-state index in [1.165, 1.54) is 0 Å². The smallest absolute Gasteiger partial charge is 0.224 e. The summed E-state index contributed by atoms with van der Waals surface area (Å²) in [5.74, 6) is 0.362. The highest BCUT2D eigenvalue weighted by molar-refractivity contribution is 5.90. The van der Waals surface area contributed by atoms with Crippen molar-refractivity contribution in [3.63, 3.8) is 0 Å². The normalized spacial score (nSPS) is 14.5. The molecule has 2 amide bonds. The number of carbonyl (C=O) groups excluding carboxylic acids is 2. The second-order valence-electron chi connectivity index (χ2n) is 6.67. The van der Waals surface area contributed by atoms with E-state index in [-0.39, 0.29) is 11.8 Å². The van der Waals surface area contributed by atoms with Crippen LogP contribution in [-0.2, 0) is 9.59 Å². The molecule has 5 heteroatoms. The van der Waals surface area contributed by atoms with E-state index >= 15 is 0 Å². The van der Waals surface area contributed by atoms with Gasteiger partial charge in [-0.15, -0.1) is 0 Å². The third-order valence-electron chi connectivity index (χ3n) is 4.65. The first-order valence-electron chi connectivity index (χ1n) is 9.56. The SMILES string of the molecule is CCCCC(=O)Nc1ccc(N2CCN(C(=O)CCCC)CC2)cc1. The maximum Gasteiger partial charge on any atom is 0.224 e. The Kier molecular flexibility index (Phi) is 7.76. The van der Waals surface area contributed by atoms with Gasteiger partial charge in [0.15, 0.2) is 0 Å². The van der Waals surface area contributed by atoms with Crippen LogP contribution in [0, 0.1) is 0 Å². The molecule has 1 aliphatic heterocycles. The van der Waals surface area contributed by atoms with E-state index in [4.69, 9.17) is 0 Å². The Morgan fingerprint density at radius 3 is 2.12 bits per heavy atom. The van der Waals surface area contributed by atoms with Crippen molar-refractivity contribution in [2.45, 2.75) is 52.4 Å². The number of piperazine rings is 1. The standard InChI is InChI=1S/C20H31N3O2/c1-3-5-7-19(24)21-17-9-11-18(12-10-17)22-13-15-23(16-14-22)20(25)8-6-4-2/h9-12H,3-8,13-16H2,1-2H3,(H,21,24). The van der Waals surface area contributed by atoms with Crippen LogP contribution in [0.15, 0.2) is 24.3 Å². The van der Waals surface area contributed by atoms with Crippen molar-refractivity contribution in [3.05, 3.63) is 24.3 Å². The number of carbonyl (C=O) groups is 2. The van der Waals surface area contributed by atoms with Crippen molar-refractivity contribution in [1.29, 1.82) is 0 Å². The second kappa shape index (κ2) is 10.1. The highest BCUT2D eigenvalue weighted by Crippen LogP contribution is 2.20. The molecule has 0 spiro atoms. The Morgan fingerprint density at radius 1 is 0.920 bits per heavy atom. The number of unbranched alkanes of at least 4 members (excludes halogenated alkanes) is 2. The van der Waals surface area contributed by atoms with Gasteiger partial charge in [0.05, 0.1) is 0 Å². The summed E-state index contributed by atoms with van der Waals surface area (Å²) in [6.07, 6.45) is 5.23. The molecule has 138 valence electrons. The molecule has 0 bridgehead atoms. The molecule has 25 heavy (non-hydrogen) atoms. The fraction of sp³-hybridized carbons (Fsp3) is 0.600. The third-order valence-corrected chi connectivity index (χ3v) is 4.65. The molecule has 0 atom stereocenters. The summed E-state index contributed by atoms with van der Waals surface area (Å²) >= 11 is 0. The lowest BCUT2D eigenvalue weighted by atomic mass is 10.2. The van der Waals surface area contributed by atoms with Crippen molar-refractivity contribution in [3.8, 4) is 0 Å². The van der Waals surface area contributed by atoms with E-state index in [9.17, 15) is 9.59 Å². The van der Waals surface area contributed by atoms with Crippen LogP contribution in [0.1, 0.15) is 52.4 Å². The second-order valence-corrected chi connectivity index (χ2v) is 6.67. The summed E-state index contributed by atoms with van der Waals surface area (Å²) in [4.78, 5) is 28.1. The number of hydrogen-bond donors (Lipinski definition) is 1. The monoisotopic (exact) mass is 345 g/mol. The van der Waals surface area contributed by atoms with Gasteiger partial charge >= 0.3 is 0 Å². The number of nitrogens with one attached hydrogen (secondary N) is 1. The zero-order valence-electron chi connectivity index (χ0n) is 15.6. The minimum absolute atomic E-state index is 0.0776. The molecule has 2 rings (SSSR count). The quantitative estimate of drug-likeness (QED) is 0.782. The summed E-state index contributed by atoms with van der Waals surface area (Å²) in [5, 5.41) is 2.94. The van der Waals surface area contributed by atoms with Crippen LogP contribution in [0.25, 0.3) is 0 Å². The third kappa shape index (κ3) is 6.07. The lowest BCUT2D eigenvalue weighted by Gasteiger charge is -2.36. The average Bonchev–Trinajstić information content (AvgIpc) is 2.65. The van der Waals surface area contributed by atoms with Crippen molar-refractivity contribution in [1.82, 2.24) is 4.90 Å². The van der Waals surface area contributed by atoms with Gasteiger partial charge < -0.3 is 15.1 Å². The first-order valence-corrected chi connectivity index (χ1v) is 9.56. The molecule has 1 fully saturated rings. The minimum Gasteiger partial charge on any atom is -0.368 e. The van der Waals surface area contributed by atoms with E-state index in [1.54, 1.807) is 0 Å². The summed E-state index contributed by atoms with van der Waals surface area (Å²) in [5.41, 5.74) is 1.99. The number of nitrogens with zero attached hydrogens (tertiary/aromatic N) is 2. The molecular weight excluding hydrogens is 314 g/mol. The molecule has 5 nitrogen and oxygen atoms in total. The predicted octanol–water partition coefficient (Wildman–Crippen LogP) is 3.65. The molecule has 1 saturated heterocycles. The van der Waals surface area contributed by atoms with Gasteiger partial charge in [0, 0.05) is 50.4 Å². The van der Waals surface area contributed by atoms with E-state index in [1.807, 2.05) is 29.2 Å². The first-order chi connectivity index (χ1) is 12.1. The van der Waals surface area contributed by atoms with E-state index in [2.05, 4.69) is 24.1 Å². The van der Waals surface area contributed by atoms with Crippen LogP contribution in [0.3, 0.4) is 0 Å². The van der Waals surface area contributed by atoms with Gasteiger partial charge in [-0.2, -0.15) is 0 Å². The summed E-state index contributed by atoms with van der Waals surface area (Å²) < 4.78 is 0. The number of benzene rings is 1. The van der Waals surface area contributed by atoms with Gasteiger partial charge in [-0.25, -0.2) is 0 Å². The van der Waals surface area contributed by atoms with Crippen LogP contribution in [0.5, 0.6) is 0 Å². The van der Waals surface area contributed by atoms with Crippen LogP contribution in [-0.4, -0.2) is 42.9 Å². The summed E-state index contributed by atoms with van der Waals surface area (Å²) in [6.45, 7) is 7.50. The fourth-order valence-corrected chi connectivity index (χ4v) is 3.02. The topological polar surface area (TPSA) is 52.7 Å². The highest BCUT2D eigenvalue weighted by Gasteiger charge is 2.20. The molecule has 0 aromatic heterocycles. The predicted molar refractivity (Wildman–Crippen MR) is 103 cm³/mol. The fourth-order valence-electron chi connectivity index (χ4n) is 3.02. The number of amides is 2. The van der Waals surface area contributed by atoms with Gasteiger partial charge in [-0.05, 0) is 37.1 Å². The summed E-state index contributed by atoms with van der Waals surface area (Å²) in [7, 11) is 0. The lowest BCUT2D eigenvalue weighted by molar-refractivity contribution is -0.131. The van der Waals surface area contributed by atoms with Crippen molar-refractivity contribution in [2.24, 2.45) is 0 Å². The number of hydrogen-bond acceptors (Lipinski definition) is 3. The minimum atomic E-state index is 0.0776. The molecule has 0 unspecified atom stereocenters. The number of rotatable bonds is 8. The molecule has 1 heterocycles. The Hall–Kier alpha value is -2.04. The van der Waals surface area contributed by atoms with Gasteiger partial charge in [0.1, 0.15) is 0 Å². The van der Waals surface area contributed by atoms with Crippen LogP contribution < -0.4 is 10.2 Å². The lowest BCUT2D eigenvalue weighted by Crippen LogP contribution is -2.48. The maximum absolute atomic E-state index is 12.1. The van der Waals surface area contributed by atoms with Crippen molar-refractivity contribution < 1.29 is 9.59 Å².